The molecule has 1 aliphatic rings. The van der Waals surface area contributed by atoms with E-state index in [1.54, 1.807) is 49.4 Å². The van der Waals surface area contributed by atoms with Gasteiger partial charge in [0.1, 0.15) is 11.4 Å². The number of carbonyl (C=O) groups excluding carboxylic acids is 1. The van der Waals surface area contributed by atoms with E-state index in [2.05, 4.69) is 5.32 Å². The van der Waals surface area contributed by atoms with Gasteiger partial charge in [-0.3, -0.25) is 4.79 Å². The number of amides is 1. The largest absolute Gasteiger partial charge is 0.384 e. The van der Waals surface area contributed by atoms with Crippen molar-refractivity contribution in [2.75, 3.05) is 6.54 Å². The molecule has 2 aromatic rings. The Kier molecular flexibility index (Phi) is 4.37. The van der Waals surface area contributed by atoms with Crippen molar-refractivity contribution in [1.29, 1.82) is 0 Å². The third-order valence-electron chi connectivity index (χ3n) is 4.63. The molecule has 3 rings (SSSR count). The van der Waals surface area contributed by atoms with E-state index >= 15 is 0 Å². The molecular weight excluding hydrogens is 329 g/mol. The topological polar surface area (TPSA) is 49.3 Å². The highest BCUT2D eigenvalue weighted by atomic mass is 35.5. The Morgan fingerprint density at radius 2 is 1.88 bits per heavy atom. The molecule has 24 heavy (non-hydrogen) atoms. The maximum absolute atomic E-state index is 14.0. The van der Waals surface area contributed by atoms with Gasteiger partial charge in [-0.05, 0) is 43.5 Å². The Morgan fingerprint density at radius 3 is 2.46 bits per heavy atom. The molecule has 2 aromatic carbocycles. The molecule has 0 aromatic heterocycles. The molecule has 126 valence electrons. The minimum atomic E-state index is -1.23. The predicted octanol–water partition coefficient (Wildman–Crippen LogP) is 3.53. The molecule has 0 heterocycles. The molecule has 0 aliphatic heterocycles. The number of nitrogens with one attached hydrogen (secondary N) is 1. The van der Waals surface area contributed by atoms with Crippen LogP contribution in [0, 0.1) is 5.82 Å². The van der Waals surface area contributed by atoms with E-state index in [4.69, 9.17) is 11.6 Å². The summed E-state index contributed by atoms with van der Waals surface area (Å²) in [6.45, 7) is 1.67. The van der Waals surface area contributed by atoms with Gasteiger partial charge in [-0.25, -0.2) is 4.39 Å². The molecule has 1 atom stereocenters. The maximum atomic E-state index is 14.0. The third kappa shape index (κ3) is 3.17. The van der Waals surface area contributed by atoms with E-state index in [1.807, 2.05) is 0 Å². The second kappa shape index (κ2) is 6.19. The van der Waals surface area contributed by atoms with E-state index in [9.17, 15) is 14.3 Å². The number of rotatable bonds is 5. The average molecular weight is 348 g/mol. The standard InChI is InChI=1S/C19H19ClFNO2/c1-18(24,13-6-8-14(20)9-7-13)12-22-17(23)19(10-11-19)15-4-2-3-5-16(15)21/h2-9,24H,10-12H2,1H3,(H,22,23). The van der Waals surface area contributed by atoms with Crippen molar-refractivity contribution >= 4 is 17.5 Å². The van der Waals surface area contributed by atoms with Crippen LogP contribution in [0.15, 0.2) is 48.5 Å². The molecule has 1 amide bonds. The van der Waals surface area contributed by atoms with Crippen molar-refractivity contribution in [3.05, 3.63) is 70.5 Å². The molecule has 0 saturated heterocycles. The Bertz CT molecular complexity index is 754. The fraction of sp³-hybridized carbons (Fsp3) is 0.316. The van der Waals surface area contributed by atoms with Crippen molar-refractivity contribution in [3.8, 4) is 0 Å². The van der Waals surface area contributed by atoms with Crippen LogP contribution in [0.25, 0.3) is 0 Å². The van der Waals surface area contributed by atoms with Gasteiger partial charge in [-0.1, -0.05) is 41.9 Å². The van der Waals surface area contributed by atoms with Gasteiger partial charge in [0.25, 0.3) is 0 Å². The monoisotopic (exact) mass is 347 g/mol. The molecular formula is C19H19ClFNO2. The summed E-state index contributed by atoms with van der Waals surface area (Å²) in [7, 11) is 0. The number of carbonyl (C=O) groups is 1. The van der Waals surface area contributed by atoms with E-state index in [1.165, 1.54) is 6.07 Å². The second-order valence-corrected chi connectivity index (χ2v) is 6.96. The molecule has 0 bridgehead atoms. The van der Waals surface area contributed by atoms with Crippen LogP contribution in [0.4, 0.5) is 4.39 Å². The van der Waals surface area contributed by atoms with Gasteiger partial charge in [0.2, 0.25) is 5.91 Å². The van der Waals surface area contributed by atoms with E-state index in [-0.39, 0.29) is 18.3 Å². The van der Waals surface area contributed by atoms with Crippen LogP contribution in [-0.2, 0) is 15.8 Å². The first-order chi connectivity index (χ1) is 11.3. The first kappa shape index (κ1) is 16.9. The highest BCUT2D eigenvalue weighted by Gasteiger charge is 2.52. The molecule has 0 radical (unpaired) electrons. The Morgan fingerprint density at radius 1 is 1.25 bits per heavy atom. The molecule has 1 unspecified atom stereocenters. The van der Waals surface area contributed by atoms with Crippen LogP contribution in [0.2, 0.25) is 5.02 Å². The quantitative estimate of drug-likeness (QED) is 0.869. The normalized spacial score (nSPS) is 17.8. The lowest BCUT2D eigenvalue weighted by Gasteiger charge is -2.26. The van der Waals surface area contributed by atoms with Crippen molar-refractivity contribution in [2.24, 2.45) is 0 Å². The minimum Gasteiger partial charge on any atom is -0.384 e. The van der Waals surface area contributed by atoms with Gasteiger partial charge in [-0.2, -0.15) is 0 Å². The summed E-state index contributed by atoms with van der Waals surface area (Å²) in [4.78, 5) is 12.6. The number of hydrogen-bond acceptors (Lipinski definition) is 2. The molecule has 5 heteroatoms. The van der Waals surface area contributed by atoms with Crippen molar-refractivity contribution in [2.45, 2.75) is 30.8 Å². The highest BCUT2D eigenvalue weighted by molar-refractivity contribution is 6.30. The number of benzene rings is 2. The Balaban J connectivity index is 1.71. The summed E-state index contributed by atoms with van der Waals surface area (Å²) in [6, 6.07) is 13.2. The summed E-state index contributed by atoms with van der Waals surface area (Å²) in [5.41, 5.74) is -0.955. The first-order valence-electron chi connectivity index (χ1n) is 7.87. The van der Waals surface area contributed by atoms with Crippen LogP contribution in [0.3, 0.4) is 0 Å². The van der Waals surface area contributed by atoms with Gasteiger partial charge < -0.3 is 10.4 Å². The summed E-state index contributed by atoms with van der Waals surface area (Å²) in [6.07, 6.45) is 1.23. The van der Waals surface area contributed by atoms with Crippen molar-refractivity contribution < 1.29 is 14.3 Å². The second-order valence-electron chi connectivity index (χ2n) is 6.53. The van der Waals surface area contributed by atoms with Gasteiger partial charge in [-0.15, -0.1) is 0 Å². The van der Waals surface area contributed by atoms with E-state index in [0.717, 1.165) is 0 Å². The molecule has 2 N–H and O–H groups in total. The SMILES string of the molecule is CC(O)(CNC(=O)C1(c2ccccc2F)CC1)c1ccc(Cl)cc1. The predicted molar refractivity (Wildman–Crippen MR) is 91.3 cm³/mol. The molecule has 3 nitrogen and oxygen atoms in total. The minimum absolute atomic E-state index is 0.0453. The molecule has 0 spiro atoms. The fourth-order valence-corrected chi connectivity index (χ4v) is 3.05. The first-order valence-corrected chi connectivity index (χ1v) is 8.25. The van der Waals surface area contributed by atoms with E-state index < -0.39 is 11.0 Å². The molecule has 1 saturated carbocycles. The van der Waals surface area contributed by atoms with Crippen LogP contribution in [-0.4, -0.2) is 17.6 Å². The van der Waals surface area contributed by atoms with Crippen LogP contribution in [0.1, 0.15) is 30.9 Å². The van der Waals surface area contributed by atoms with Gasteiger partial charge in [0.15, 0.2) is 0 Å². The molecule has 1 fully saturated rings. The number of hydrogen-bond donors (Lipinski definition) is 2. The summed E-state index contributed by atoms with van der Waals surface area (Å²) >= 11 is 5.85. The maximum Gasteiger partial charge on any atom is 0.230 e. The van der Waals surface area contributed by atoms with E-state index in [0.29, 0.717) is 29.0 Å². The fourth-order valence-electron chi connectivity index (χ4n) is 2.93. The van der Waals surface area contributed by atoms with Gasteiger partial charge >= 0.3 is 0 Å². The lowest BCUT2D eigenvalue weighted by Crippen LogP contribution is -2.43. The zero-order chi connectivity index (χ0) is 17.4. The van der Waals surface area contributed by atoms with Crippen molar-refractivity contribution in [3.63, 3.8) is 0 Å². The zero-order valence-electron chi connectivity index (χ0n) is 13.4. The van der Waals surface area contributed by atoms with Gasteiger partial charge in [0.05, 0.1) is 12.0 Å². The number of aliphatic hydroxyl groups is 1. The molecule has 1 aliphatic carbocycles. The average Bonchev–Trinajstić information content (AvgIpc) is 3.35. The summed E-state index contributed by atoms with van der Waals surface area (Å²) in [5, 5.41) is 14.0. The lowest BCUT2D eigenvalue weighted by molar-refractivity contribution is -0.124. The Hall–Kier alpha value is -1.91. The summed E-state index contributed by atoms with van der Waals surface area (Å²) < 4.78 is 14.0. The van der Waals surface area contributed by atoms with Crippen LogP contribution >= 0.6 is 11.6 Å². The van der Waals surface area contributed by atoms with Crippen LogP contribution in [0.5, 0.6) is 0 Å². The zero-order valence-corrected chi connectivity index (χ0v) is 14.1. The highest BCUT2D eigenvalue weighted by Crippen LogP contribution is 2.49. The third-order valence-corrected chi connectivity index (χ3v) is 4.89. The smallest absolute Gasteiger partial charge is 0.230 e. The van der Waals surface area contributed by atoms with Gasteiger partial charge in [0, 0.05) is 10.6 Å². The Labute approximate surface area is 145 Å². The van der Waals surface area contributed by atoms with Crippen molar-refractivity contribution in [1.82, 2.24) is 5.32 Å². The summed E-state index contributed by atoms with van der Waals surface area (Å²) in [5.74, 6) is -0.614. The number of halogens is 2. The lowest BCUT2D eigenvalue weighted by atomic mass is 9.92. The van der Waals surface area contributed by atoms with Crippen LogP contribution < -0.4 is 5.32 Å².